The third kappa shape index (κ3) is 26.6. The molecule has 1 rings (SSSR count). The molecule has 1 aromatic carbocycles. The SMILES string of the molecule is CCCCCCCCCc1cc(CCCCCCCCC)c(CCCCCCCCC)c(CCCCCCCCC)c1CCCCCCCCC. The van der Waals surface area contributed by atoms with Gasteiger partial charge in [-0.15, -0.1) is 0 Å². The lowest BCUT2D eigenvalue weighted by Crippen LogP contribution is -2.11. The summed E-state index contributed by atoms with van der Waals surface area (Å²) in [7, 11) is 0. The molecular weight excluding hydrogens is 613 g/mol. The van der Waals surface area contributed by atoms with Crippen molar-refractivity contribution in [2.24, 2.45) is 0 Å². The molecule has 0 aliphatic heterocycles. The molecule has 0 unspecified atom stereocenters. The molecule has 0 heteroatoms. The first kappa shape index (κ1) is 48.2. The first-order valence-electron chi connectivity index (χ1n) is 24.4. The van der Waals surface area contributed by atoms with Gasteiger partial charge in [0, 0.05) is 0 Å². The molecule has 0 spiro atoms. The lowest BCUT2D eigenvalue weighted by atomic mass is 9.81. The van der Waals surface area contributed by atoms with Crippen molar-refractivity contribution in [2.45, 2.75) is 291 Å². The molecule has 0 saturated carbocycles. The maximum atomic E-state index is 2.83. The summed E-state index contributed by atoms with van der Waals surface area (Å²) >= 11 is 0. The van der Waals surface area contributed by atoms with Crippen LogP contribution in [-0.2, 0) is 32.1 Å². The summed E-state index contributed by atoms with van der Waals surface area (Å²) in [6.45, 7) is 11.7. The minimum absolute atomic E-state index is 1.34. The molecule has 0 aromatic heterocycles. The Morgan fingerprint density at radius 1 is 0.216 bits per heavy atom. The van der Waals surface area contributed by atoms with Crippen molar-refractivity contribution in [1.29, 1.82) is 0 Å². The summed E-state index contributed by atoms with van der Waals surface area (Å²) in [5, 5.41) is 0. The molecule has 0 aliphatic carbocycles. The fourth-order valence-corrected chi connectivity index (χ4v) is 8.65. The Hall–Kier alpha value is -0.780. The number of aryl methyl sites for hydroxylation is 2. The summed E-state index contributed by atoms with van der Waals surface area (Å²) < 4.78 is 0. The third-order valence-corrected chi connectivity index (χ3v) is 12.0. The van der Waals surface area contributed by atoms with Crippen LogP contribution in [0.3, 0.4) is 0 Å². The molecule has 0 fully saturated rings. The Labute approximate surface area is 324 Å². The van der Waals surface area contributed by atoms with E-state index in [1.54, 1.807) is 11.1 Å². The van der Waals surface area contributed by atoms with E-state index in [1.165, 1.54) is 257 Å². The van der Waals surface area contributed by atoms with E-state index in [-0.39, 0.29) is 0 Å². The Morgan fingerprint density at radius 3 is 0.667 bits per heavy atom. The fourth-order valence-electron chi connectivity index (χ4n) is 8.65. The van der Waals surface area contributed by atoms with Crippen LogP contribution >= 0.6 is 0 Å². The highest BCUT2D eigenvalue weighted by Gasteiger charge is 2.18. The van der Waals surface area contributed by atoms with Gasteiger partial charge in [0.2, 0.25) is 0 Å². The number of benzene rings is 1. The normalized spacial score (nSPS) is 11.6. The molecule has 51 heavy (non-hydrogen) atoms. The van der Waals surface area contributed by atoms with Gasteiger partial charge in [-0.05, 0) is 92.0 Å². The van der Waals surface area contributed by atoms with Crippen molar-refractivity contribution in [3.05, 3.63) is 33.9 Å². The van der Waals surface area contributed by atoms with Crippen molar-refractivity contribution in [3.63, 3.8) is 0 Å². The third-order valence-electron chi connectivity index (χ3n) is 12.0. The molecule has 0 aliphatic rings. The van der Waals surface area contributed by atoms with Crippen LogP contribution in [0, 0.1) is 0 Å². The summed E-state index contributed by atoms with van der Waals surface area (Å²) in [4.78, 5) is 0. The molecule has 0 N–H and O–H groups in total. The van der Waals surface area contributed by atoms with E-state index in [0.29, 0.717) is 0 Å². The van der Waals surface area contributed by atoms with Crippen molar-refractivity contribution in [1.82, 2.24) is 0 Å². The van der Waals surface area contributed by atoms with Crippen molar-refractivity contribution in [3.8, 4) is 0 Å². The van der Waals surface area contributed by atoms with Gasteiger partial charge < -0.3 is 0 Å². The Bertz CT molecular complexity index is 790. The lowest BCUT2D eigenvalue weighted by molar-refractivity contribution is 0.571. The topological polar surface area (TPSA) is 0 Å². The van der Waals surface area contributed by atoms with Crippen molar-refractivity contribution < 1.29 is 0 Å². The summed E-state index contributed by atoms with van der Waals surface area (Å²) in [6.07, 6.45) is 56.6. The second-order valence-electron chi connectivity index (χ2n) is 17.0. The van der Waals surface area contributed by atoms with E-state index in [1.807, 2.05) is 16.7 Å². The van der Waals surface area contributed by atoms with E-state index in [0.717, 1.165) is 0 Å². The molecule has 300 valence electrons. The van der Waals surface area contributed by atoms with Gasteiger partial charge in [-0.2, -0.15) is 0 Å². The smallest absolute Gasteiger partial charge is 0.0273 e. The zero-order chi connectivity index (χ0) is 36.9. The van der Waals surface area contributed by atoms with Crippen LogP contribution in [0.4, 0.5) is 0 Å². The van der Waals surface area contributed by atoms with E-state index in [4.69, 9.17) is 0 Å². The minimum atomic E-state index is 1.34. The van der Waals surface area contributed by atoms with E-state index in [9.17, 15) is 0 Å². The monoisotopic (exact) mass is 709 g/mol. The first-order chi connectivity index (χ1) is 25.2. The maximum Gasteiger partial charge on any atom is -0.0273 e. The standard InChI is InChI=1S/C51H96/c1-6-11-16-21-26-31-36-41-47-46-48(42-37-32-27-22-17-12-7-2)50(44-39-34-29-24-19-14-9-4)51(45-40-35-30-25-20-15-10-5)49(47)43-38-33-28-23-18-13-8-3/h46H,6-45H2,1-5H3. The van der Waals surface area contributed by atoms with E-state index >= 15 is 0 Å². The molecular formula is C51H96. The largest absolute Gasteiger partial charge is 0.0654 e. The summed E-state index contributed by atoms with van der Waals surface area (Å²) in [5.74, 6) is 0. The van der Waals surface area contributed by atoms with Crippen LogP contribution in [0.1, 0.15) is 287 Å². The van der Waals surface area contributed by atoms with E-state index < -0.39 is 0 Å². The second kappa shape index (κ2) is 37.5. The Kier molecular flexibility index (Phi) is 35.5. The van der Waals surface area contributed by atoms with Gasteiger partial charge in [0.05, 0.1) is 0 Å². The van der Waals surface area contributed by atoms with Gasteiger partial charge >= 0.3 is 0 Å². The lowest BCUT2D eigenvalue weighted by Gasteiger charge is -2.24. The van der Waals surface area contributed by atoms with Gasteiger partial charge in [0.1, 0.15) is 0 Å². The summed E-state index contributed by atoms with van der Waals surface area (Å²) in [5.41, 5.74) is 9.21. The molecule has 1 aromatic rings. The van der Waals surface area contributed by atoms with Crippen LogP contribution in [0.25, 0.3) is 0 Å². The van der Waals surface area contributed by atoms with Crippen molar-refractivity contribution >= 4 is 0 Å². The number of hydrogen-bond donors (Lipinski definition) is 0. The Balaban J connectivity index is 3.29. The molecule has 0 heterocycles. The van der Waals surface area contributed by atoms with E-state index in [2.05, 4.69) is 40.7 Å². The number of rotatable bonds is 40. The van der Waals surface area contributed by atoms with Crippen molar-refractivity contribution in [2.75, 3.05) is 0 Å². The van der Waals surface area contributed by atoms with Gasteiger partial charge in [-0.1, -0.05) is 233 Å². The second-order valence-corrected chi connectivity index (χ2v) is 17.0. The zero-order valence-corrected chi connectivity index (χ0v) is 36.4. The van der Waals surface area contributed by atoms with Gasteiger partial charge in [-0.3, -0.25) is 0 Å². The molecule has 0 atom stereocenters. The van der Waals surface area contributed by atoms with Crippen LogP contribution in [0.5, 0.6) is 0 Å². The molecule has 0 saturated heterocycles. The average Bonchev–Trinajstić information content (AvgIpc) is 3.14. The van der Waals surface area contributed by atoms with Gasteiger partial charge in [0.25, 0.3) is 0 Å². The number of hydrogen-bond acceptors (Lipinski definition) is 0. The van der Waals surface area contributed by atoms with Gasteiger partial charge in [0.15, 0.2) is 0 Å². The van der Waals surface area contributed by atoms with Gasteiger partial charge in [-0.25, -0.2) is 0 Å². The zero-order valence-electron chi connectivity index (χ0n) is 36.4. The Morgan fingerprint density at radius 2 is 0.412 bits per heavy atom. The fraction of sp³-hybridized carbons (Fsp3) is 0.882. The summed E-state index contributed by atoms with van der Waals surface area (Å²) in [6, 6.07) is 2.83. The highest BCUT2D eigenvalue weighted by atomic mass is 14.2. The molecule has 0 amide bonds. The molecule has 0 bridgehead atoms. The van der Waals surface area contributed by atoms with Crippen LogP contribution in [0.2, 0.25) is 0 Å². The molecule has 0 nitrogen and oxygen atoms in total. The molecule has 0 radical (unpaired) electrons. The van der Waals surface area contributed by atoms with Crippen LogP contribution < -0.4 is 0 Å². The predicted molar refractivity (Wildman–Crippen MR) is 235 cm³/mol. The maximum absolute atomic E-state index is 2.83. The predicted octanol–water partition coefficient (Wildman–Crippen LogP) is 18.2. The first-order valence-corrected chi connectivity index (χ1v) is 24.4. The quantitative estimate of drug-likeness (QED) is 0.0595. The van der Waals surface area contributed by atoms with Crippen LogP contribution in [0.15, 0.2) is 6.07 Å². The minimum Gasteiger partial charge on any atom is -0.0654 e. The average molecular weight is 709 g/mol. The highest BCUT2D eigenvalue weighted by molar-refractivity contribution is 5.47. The number of unbranched alkanes of at least 4 members (excludes halogenated alkanes) is 30. The van der Waals surface area contributed by atoms with Crippen LogP contribution in [-0.4, -0.2) is 0 Å². The highest BCUT2D eigenvalue weighted by Crippen LogP contribution is 2.32.